The first-order valence-corrected chi connectivity index (χ1v) is 9.78. The molecule has 2 amide bonds. The van der Waals surface area contributed by atoms with Gasteiger partial charge in [-0.15, -0.1) is 0 Å². The van der Waals surface area contributed by atoms with Crippen LogP contribution in [0.3, 0.4) is 0 Å². The zero-order chi connectivity index (χ0) is 19.9. The van der Waals surface area contributed by atoms with E-state index in [4.69, 9.17) is 4.42 Å². The third-order valence-corrected chi connectivity index (χ3v) is 4.83. The van der Waals surface area contributed by atoms with Gasteiger partial charge in [0.05, 0.1) is 6.26 Å². The third kappa shape index (κ3) is 7.35. The van der Waals surface area contributed by atoms with E-state index in [0.717, 1.165) is 11.3 Å². The van der Waals surface area contributed by atoms with E-state index in [0.29, 0.717) is 17.9 Å². The summed E-state index contributed by atoms with van der Waals surface area (Å²) in [5.41, 5.74) is 1.70. The van der Waals surface area contributed by atoms with Crippen LogP contribution in [0.1, 0.15) is 42.5 Å². The van der Waals surface area contributed by atoms with Crippen LogP contribution in [0.25, 0.3) is 6.08 Å². The van der Waals surface area contributed by atoms with Gasteiger partial charge in [0.15, 0.2) is 0 Å². The molecular weight excluding hydrogens is 360 g/mol. The zero-order valence-electron chi connectivity index (χ0n) is 16.2. The number of thioether (sulfide) groups is 1. The number of amides is 2. The van der Waals surface area contributed by atoms with Crippen molar-refractivity contribution < 1.29 is 14.0 Å². The van der Waals surface area contributed by atoms with Crippen molar-refractivity contribution in [3.63, 3.8) is 0 Å². The predicted molar refractivity (Wildman–Crippen MR) is 111 cm³/mol. The van der Waals surface area contributed by atoms with E-state index in [-0.39, 0.29) is 22.3 Å². The molecule has 1 aromatic heterocycles. The smallest absolute Gasteiger partial charge is 0.267 e. The molecule has 0 saturated carbocycles. The second kappa shape index (κ2) is 9.46. The number of nitrogens with one attached hydrogen (secondary N) is 2. The third-order valence-electron chi connectivity index (χ3n) is 3.56. The lowest BCUT2D eigenvalue weighted by Gasteiger charge is -2.17. The molecule has 0 unspecified atom stereocenters. The molecule has 1 aromatic carbocycles. The Morgan fingerprint density at radius 1 is 1.15 bits per heavy atom. The highest BCUT2D eigenvalue weighted by atomic mass is 32.2. The van der Waals surface area contributed by atoms with E-state index in [1.807, 2.05) is 19.1 Å². The van der Waals surface area contributed by atoms with E-state index in [1.165, 1.54) is 12.3 Å². The molecule has 0 aliphatic carbocycles. The van der Waals surface area contributed by atoms with Gasteiger partial charge in [0.2, 0.25) is 0 Å². The Bertz CT molecular complexity index is 788. The molecule has 0 saturated heterocycles. The normalized spacial score (nSPS) is 11.9. The maximum Gasteiger partial charge on any atom is 0.267 e. The molecule has 0 aliphatic rings. The number of aryl methyl sites for hydroxylation is 1. The highest BCUT2D eigenvalue weighted by Crippen LogP contribution is 2.22. The summed E-state index contributed by atoms with van der Waals surface area (Å²) in [6.07, 6.45) is 3.04. The molecule has 144 valence electrons. The standard InChI is InChI=1S/C21H26N2O3S/c1-15-7-9-16(10-8-15)19(24)23-18(14-17-6-5-12-26-17)20(25)22-11-13-27-21(2,3)4/h5-10,12,14H,11,13H2,1-4H3,(H,22,25)(H,23,24)/b18-14-. The summed E-state index contributed by atoms with van der Waals surface area (Å²) >= 11 is 1.76. The van der Waals surface area contributed by atoms with Crippen LogP contribution in [0.4, 0.5) is 0 Å². The fourth-order valence-electron chi connectivity index (χ4n) is 2.19. The molecule has 27 heavy (non-hydrogen) atoms. The van der Waals surface area contributed by atoms with Crippen molar-refractivity contribution in [1.82, 2.24) is 10.6 Å². The Balaban J connectivity index is 2.06. The molecule has 2 rings (SSSR count). The lowest BCUT2D eigenvalue weighted by Crippen LogP contribution is -2.36. The van der Waals surface area contributed by atoms with Crippen molar-refractivity contribution in [1.29, 1.82) is 0 Å². The molecular formula is C21H26N2O3S. The summed E-state index contributed by atoms with van der Waals surface area (Å²) in [6, 6.07) is 10.6. The van der Waals surface area contributed by atoms with Gasteiger partial charge in [-0.3, -0.25) is 9.59 Å². The molecule has 0 atom stereocenters. The first-order valence-electron chi connectivity index (χ1n) is 8.80. The number of rotatable bonds is 7. The molecule has 2 N–H and O–H groups in total. The van der Waals surface area contributed by atoms with E-state index >= 15 is 0 Å². The molecule has 0 aliphatic heterocycles. The Labute approximate surface area is 164 Å². The first-order chi connectivity index (χ1) is 12.7. The summed E-state index contributed by atoms with van der Waals surface area (Å²) in [4.78, 5) is 25.1. The number of hydrogen-bond acceptors (Lipinski definition) is 4. The van der Waals surface area contributed by atoms with Gasteiger partial charge in [-0.2, -0.15) is 11.8 Å². The number of carbonyl (C=O) groups is 2. The first kappa shape index (κ1) is 20.8. The SMILES string of the molecule is Cc1ccc(C(=O)N/C(=C\c2ccco2)C(=O)NCCSC(C)(C)C)cc1. The van der Waals surface area contributed by atoms with E-state index in [2.05, 4.69) is 31.4 Å². The second-order valence-corrected chi connectivity index (χ2v) is 9.03. The highest BCUT2D eigenvalue weighted by Gasteiger charge is 2.16. The van der Waals surface area contributed by atoms with Crippen LogP contribution >= 0.6 is 11.8 Å². The Morgan fingerprint density at radius 2 is 1.85 bits per heavy atom. The second-order valence-electron chi connectivity index (χ2n) is 7.11. The molecule has 0 bridgehead atoms. The van der Waals surface area contributed by atoms with Crippen LogP contribution in [0, 0.1) is 6.92 Å². The Hall–Kier alpha value is -2.47. The van der Waals surface area contributed by atoms with Gasteiger partial charge in [0.25, 0.3) is 11.8 Å². The van der Waals surface area contributed by atoms with Crippen molar-refractivity contribution >= 4 is 29.7 Å². The van der Waals surface area contributed by atoms with Crippen molar-refractivity contribution in [2.24, 2.45) is 0 Å². The van der Waals surface area contributed by atoms with E-state index in [1.54, 1.807) is 36.0 Å². The lowest BCUT2D eigenvalue weighted by atomic mass is 10.1. The topological polar surface area (TPSA) is 71.3 Å². The average Bonchev–Trinajstić information content (AvgIpc) is 3.10. The van der Waals surface area contributed by atoms with Crippen molar-refractivity contribution in [3.05, 3.63) is 65.2 Å². The molecule has 0 fully saturated rings. The minimum absolute atomic E-state index is 0.136. The fraction of sp³-hybridized carbons (Fsp3) is 0.333. The van der Waals surface area contributed by atoms with Gasteiger partial charge >= 0.3 is 0 Å². The average molecular weight is 387 g/mol. The van der Waals surface area contributed by atoms with E-state index in [9.17, 15) is 9.59 Å². The minimum Gasteiger partial charge on any atom is -0.465 e. The summed E-state index contributed by atoms with van der Waals surface area (Å²) in [7, 11) is 0. The predicted octanol–water partition coefficient (Wildman–Crippen LogP) is 4.01. The number of carbonyl (C=O) groups excluding carboxylic acids is 2. The van der Waals surface area contributed by atoms with Crippen molar-refractivity contribution in [3.8, 4) is 0 Å². The highest BCUT2D eigenvalue weighted by molar-refractivity contribution is 8.00. The summed E-state index contributed by atoms with van der Waals surface area (Å²) in [6.45, 7) is 8.85. The van der Waals surface area contributed by atoms with Crippen LogP contribution in [0.15, 0.2) is 52.8 Å². The van der Waals surface area contributed by atoms with Crippen LogP contribution < -0.4 is 10.6 Å². The molecule has 6 heteroatoms. The van der Waals surface area contributed by atoms with Gasteiger partial charge in [0, 0.05) is 28.7 Å². The minimum atomic E-state index is -0.346. The van der Waals surface area contributed by atoms with Crippen LogP contribution in [0.5, 0.6) is 0 Å². The van der Waals surface area contributed by atoms with Gasteiger partial charge in [-0.25, -0.2) is 0 Å². The molecule has 2 aromatic rings. The number of benzene rings is 1. The van der Waals surface area contributed by atoms with Gasteiger partial charge in [-0.05, 0) is 31.2 Å². The molecule has 1 heterocycles. The summed E-state index contributed by atoms with van der Waals surface area (Å²) < 4.78 is 5.41. The monoisotopic (exact) mass is 386 g/mol. The van der Waals surface area contributed by atoms with Crippen molar-refractivity contribution in [2.45, 2.75) is 32.4 Å². The quantitative estimate of drug-likeness (QED) is 0.557. The summed E-state index contributed by atoms with van der Waals surface area (Å²) in [5, 5.41) is 5.54. The Kier molecular flexibility index (Phi) is 7.30. The van der Waals surface area contributed by atoms with Crippen LogP contribution in [-0.2, 0) is 4.79 Å². The number of furan rings is 1. The Morgan fingerprint density at radius 3 is 2.44 bits per heavy atom. The molecule has 0 radical (unpaired) electrons. The zero-order valence-corrected chi connectivity index (χ0v) is 17.0. The van der Waals surface area contributed by atoms with E-state index < -0.39 is 0 Å². The number of hydrogen-bond donors (Lipinski definition) is 2. The van der Waals surface area contributed by atoms with Crippen LogP contribution in [-0.4, -0.2) is 28.9 Å². The van der Waals surface area contributed by atoms with Crippen LogP contribution in [0.2, 0.25) is 0 Å². The molecule has 5 nitrogen and oxygen atoms in total. The maximum atomic E-state index is 12.6. The molecule has 0 spiro atoms. The van der Waals surface area contributed by atoms with Gasteiger partial charge < -0.3 is 15.1 Å². The van der Waals surface area contributed by atoms with Crippen molar-refractivity contribution in [2.75, 3.05) is 12.3 Å². The lowest BCUT2D eigenvalue weighted by molar-refractivity contribution is -0.117. The van der Waals surface area contributed by atoms with Gasteiger partial charge in [-0.1, -0.05) is 38.5 Å². The maximum absolute atomic E-state index is 12.6. The fourth-order valence-corrected chi connectivity index (χ4v) is 3.01. The summed E-state index contributed by atoms with van der Waals surface area (Å²) in [5.74, 6) is 0.594. The largest absolute Gasteiger partial charge is 0.465 e. The van der Waals surface area contributed by atoms with Gasteiger partial charge in [0.1, 0.15) is 11.5 Å².